The first-order valence-corrected chi connectivity index (χ1v) is 12.0. The van der Waals surface area contributed by atoms with Gasteiger partial charge in [-0.25, -0.2) is 17.6 Å². The SMILES string of the molecule is Cc1ccc(S(=O)(=O)N2C(=O)[C@@]3(O)C(Br)=C[C@@H]2[C@@H]2C(=O)N(c4ccccc4)C(=O)[C@@H]23)cc1. The Morgan fingerprint density at radius 1 is 0.969 bits per heavy atom. The molecule has 164 valence electrons. The molecule has 2 aromatic rings. The molecule has 1 aliphatic carbocycles. The van der Waals surface area contributed by atoms with Crippen molar-refractivity contribution in [2.24, 2.45) is 11.8 Å². The van der Waals surface area contributed by atoms with Crippen molar-refractivity contribution < 1.29 is 27.9 Å². The van der Waals surface area contributed by atoms with E-state index < -0.39 is 51.2 Å². The van der Waals surface area contributed by atoms with Crippen molar-refractivity contribution in [3.63, 3.8) is 0 Å². The highest BCUT2D eigenvalue weighted by molar-refractivity contribution is 9.11. The molecule has 0 saturated carbocycles. The summed E-state index contributed by atoms with van der Waals surface area (Å²) in [5, 5.41) is 11.4. The number of hydrogen-bond donors (Lipinski definition) is 1. The Balaban J connectivity index is 1.66. The Morgan fingerprint density at radius 3 is 2.22 bits per heavy atom. The van der Waals surface area contributed by atoms with Crippen LogP contribution in [0.2, 0.25) is 0 Å². The van der Waals surface area contributed by atoms with Crippen molar-refractivity contribution in [1.29, 1.82) is 0 Å². The van der Waals surface area contributed by atoms with E-state index in [1.807, 2.05) is 0 Å². The standard InChI is InChI=1S/C22H17BrN2O6S/c1-12-7-9-14(10-8-12)32(30,31)25-15-11-16(23)22(29,21(25)28)18-17(15)19(26)24(20(18)27)13-5-3-2-4-6-13/h2-11,15,17-18,29H,1H3/t15-,17+,18-,22-/m1/s1. The molecule has 6 rings (SSSR count). The number of aryl methyl sites for hydroxylation is 1. The first-order valence-electron chi connectivity index (χ1n) is 9.78. The number of para-hydroxylation sites is 1. The molecule has 0 unspecified atom stereocenters. The van der Waals surface area contributed by atoms with Gasteiger partial charge in [-0.15, -0.1) is 0 Å². The van der Waals surface area contributed by atoms with Gasteiger partial charge in [0.05, 0.1) is 28.5 Å². The number of halogens is 1. The van der Waals surface area contributed by atoms with E-state index in [2.05, 4.69) is 15.9 Å². The van der Waals surface area contributed by atoms with E-state index in [1.165, 1.54) is 18.2 Å². The van der Waals surface area contributed by atoms with Crippen molar-refractivity contribution in [3.05, 3.63) is 70.7 Å². The van der Waals surface area contributed by atoms with Gasteiger partial charge in [0.25, 0.3) is 15.9 Å². The maximum Gasteiger partial charge on any atom is 0.274 e. The van der Waals surface area contributed by atoms with Crippen molar-refractivity contribution >= 4 is 49.4 Å². The maximum atomic E-state index is 13.4. The summed E-state index contributed by atoms with van der Waals surface area (Å²) in [4.78, 5) is 40.8. The minimum Gasteiger partial charge on any atom is -0.374 e. The lowest BCUT2D eigenvalue weighted by Crippen LogP contribution is -2.70. The van der Waals surface area contributed by atoms with E-state index >= 15 is 0 Å². The zero-order valence-corrected chi connectivity index (χ0v) is 19.1. The third-order valence-corrected chi connectivity index (χ3v) is 8.90. The fourth-order valence-electron chi connectivity index (χ4n) is 4.68. The van der Waals surface area contributed by atoms with Crippen LogP contribution in [0.25, 0.3) is 0 Å². The Hall–Kier alpha value is -2.82. The summed E-state index contributed by atoms with van der Waals surface area (Å²) < 4.78 is 27.4. The van der Waals surface area contributed by atoms with Crippen LogP contribution in [0.4, 0.5) is 5.69 Å². The van der Waals surface area contributed by atoms with Gasteiger partial charge >= 0.3 is 0 Å². The smallest absolute Gasteiger partial charge is 0.274 e. The highest BCUT2D eigenvalue weighted by Crippen LogP contribution is 2.54. The quantitative estimate of drug-likeness (QED) is 0.621. The molecule has 2 fully saturated rings. The van der Waals surface area contributed by atoms with Gasteiger partial charge in [0.1, 0.15) is 0 Å². The summed E-state index contributed by atoms with van der Waals surface area (Å²) in [5.41, 5.74) is -1.39. The van der Waals surface area contributed by atoms with Crippen LogP contribution in [0.1, 0.15) is 5.56 Å². The number of nitrogens with zero attached hydrogens (tertiary/aromatic N) is 2. The van der Waals surface area contributed by atoms with Crippen molar-refractivity contribution in [3.8, 4) is 0 Å². The van der Waals surface area contributed by atoms with Crippen molar-refractivity contribution in [2.75, 3.05) is 4.90 Å². The Kier molecular flexibility index (Phi) is 4.50. The average molecular weight is 517 g/mol. The largest absolute Gasteiger partial charge is 0.374 e. The number of anilines is 1. The molecule has 0 radical (unpaired) electrons. The molecule has 2 aromatic carbocycles. The number of rotatable bonds is 3. The molecule has 4 atom stereocenters. The monoisotopic (exact) mass is 516 g/mol. The number of sulfonamides is 1. The molecule has 3 heterocycles. The second-order valence-electron chi connectivity index (χ2n) is 8.04. The molecule has 10 heteroatoms. The molecule has 3 amide bonds. The lowest BCUT2D eigenvalue weighted by Gasteiger charge is -2.50. The van der Waals surface area contributed by atoms with Crippen LogP contribution in [0.5, 0.6) is 0 Å². The van der Waals surface area contributed by atoms with Gasteiger partial charge in [0.2, 0.25) is 11.8 Å². The molecular formula is C22H17BrN2O6S. The molecule has 4 aliphatic rings. The van der Waals surface area contributed by atoms with E-state index in [4.69, 9.17) is 0 Å². The Labute approximate surface area is 192 Å². The highest BCUT2D eigenvalue weighted by Gasteiger charge is 2.72. The van der Waals surface area contributed by atoms with Gasteiger partial charge in [-0.2, -0.15) is 0 Å². The van der Waals surface area contributed by atoms with E-state index in [0.29, 0.717) is 4.31 Å². The number of piperidine rings is 1. The van der Waals surface area contributed by atoms with Crippen molar-refractivity contribution in [2.45, 2.75) is 23.5 Å². The third-order valence-electron chi connectivity index (χ3n) is 6.24. The number of benzene rings is 2. The summed E-state index contributed by atoms with van der Waals surface area (Å²) in [6.45, 7) is 1.79. The van der Waals surface area contributed by atoms with Gasteiger partial charge in [0, 0.05) is 4.48 Å². The Morgan fingerprint density at radius 2 is 1.59 bits per heavy atom. The lowest BCUT2D eigenvalue weighted by molar-refractivity contribution is -0.165. The molecule has 3 aliphatic heterocycles. The highest BCUT2D eigenvalue weighted by atomic mass is 79.9. The predicted molar refractivity (Wildman–Crippen MR) is 117 cm³/mol. The van der Waals surface area contributed by atoms with Gasteiger partial charge in [-0.3, -0.25) is 14.4 Å². The van der Waals surface area contributed by atoms with Crippen LogP contribution in [0.3, 0.4) is 0 Å². The maximum absolute atomic E-state index is 13.4. The van der Waals surface area contributed by atoms with Gasteiger partial charge in [-0.05, 0) is 37.3 Å². The van der Waals surface area contributed by atoms with Crippen LogP contribution >= 0.6 is 15.9 Å². The number of carbonyl (C=O) groups is 3. The first kappa shape index (κ1) is 21.0. The predicted octanol–water partition coefficient (Wildman–Crippen LogP) is 1.72. The first-order chi connectivity index (χ1) is 15.1. The molecule has 2 bridgehead atoms. The van der Waals surface area contributed by atoms with E-state index in [0.717, 1.165) is 10.5 Å². The number of hydrogen-bond acceptors (Lipinski definition) is 6. The zero-order valence-electron chi connectivity index (χ0n) is 16.7. The average Bonchev–Trinajstić information content (AvgIpc) is 3.03. The number of amides is 3. The summed E-state index contributed by atoms with van der Waals surface area (Å²) >= 11 is 3.15. The minimum atomic E-state index is -4.41. The summed E-state index contributed by atoms with van der Waals surface area (Å²) in [6, 6.07) is 12.8. The van der Waals surface area contributed by atoms with Crippen molar-refractivity contribution in [1.82, 2.24) is 4.31 Å². The zero-order chi connectivity index (χ0) is 23.0. The number of fused-ring (bicyclic) bond motifs is 1. The van der Waals surface area contributed by atoms with Gasteiger partial charge in [-0.1, -0.05) is 51.8 Å². The van der Waals surface area contributed by atoms with Gasteiger partial charge in [0.15, 0.2) is 5.60 Å². The number of aliphatic hydroxyl groups is 1. The summed E-state index contributed by atoms with van der Waals surface area (Å²) in [6.07, 6.45) is 1.33. The molecule has 0 aromatic heterocycles. The molecule has 1 N–H and O–H groups in total. The second kappa shape index (κ2) is 6.84. The minimum absolute atomic E-state index is 0.0207. The van der Waals surface area contributed by atoms with Gasteiger partial charge < -0.3 is 5.11 Å². The molecule has 8 nitrogen and oxygen atoms in total. The summed E-state index contributed by atoms with van der Waals surface area (Å²) in [5.74, 6) is -5.25. The molecule has 32 heavy (non-hydrogen) atoms. The molecule has 0 spiro atoms. The molecular weight excluding hydrogens is 500 g/mol. The topological polar surface area (TPSA) is 112 Å². The van der Waals surface area contributed by atoms with Crippen LogP contribution in [-0.4, -0.2) is 47.2 Å². The van der Waals surface area contributed by atoms with Crippen LogP contribution in [0.15, 0.2) is 70.1 Å². The van der Waals surface area contributed by atoms with Crippen LogP contribution in [-0.2, 0) is 24.4 Å². The molecule has 2 saturated heterocycles. The lowest BCUT2D eigenvalue weighted by atomic mass is 9.68. The van der Waals surface area contributed by atoms with Crippen LogP contribution < -0.4 is 4.90 Å². The van der Waals surface area contributed by atoms with E-state index in [1.54, 1.807) is 49.4 Å². The van der Waals surface area contributed by atoms with Crippen LogP contribution in [0, 0.1) is 18.8 Å². The normalized spacial score (nSPS) is 29.4. The number of carbonyl (C=O) groups excluding carboxylic acids is 3. The number of imide groups is 1. The third kappa shape index (κ3) is 2.57. The Bertz CT molecular complexity index is 1310. The summed E-state index contributed by atoms with van der Waals surface area (Å²) in [7, 11) is -4.41. The second-order valence-corrected chi connectivity index (χ2v) is 10.7. The van der Waals surface area contributed by atoms with E-state index in [-0.39, 0.29) is 15.1 Å². The fourth-order valence-corrected chi connectivity index (χ4v) is 6.94. The fraction of sp³-hybridized carbons (Fsp3) is 0.227. The van der Waals surface area contributed by atoms with E-state index in [9.17, 15) is 27.9 Å².